The van der Waals surface area contributed by atoms with Gasteiger partial charge < -0.3 is 20.9 Å². The van der Waals surface area contributed by atoms with Crippen LogP contribution in [0.4, 0.5) is 16.2 Å². The molecular formula is C15H18N4O3. The van der Waals surface area contributed by atoms with Crippen LogP contribution >= 0.6 is 0 Å². The highest BCUT2D eigenvalue weighted by molar-refractivity contribution is 5.93. The molecule has 0 radical (unpaired) electrons. The molecule has 22 heavy (non-hydrogen) atoms. The number of hydrogen-bond donors (Lipinski definition) is 3. The second kappa shape index (κ2) is 6.75. The van der Waals surface area contributed by atoms with E-state index in [1.54, 1.807) is 24.3 Å². The number of aryl methyl sites for hydroxylation is 2. The van der Waals surface area contributed by atoms with E-state index in [2.05, 4.69) is 15.8 Å². The van der Waals surface area contributed by atoms with Gasteiger partial charge >= 0.3 is 6.03 Å². The number of aromatic nitrogens is 1. The number of nitrogens with two attached hydrogens (primary N) is 1. The fraction of sp³-hybridized carbons (Fsp3) is 0.267. The van der Waals surface area contributed by atoms with Gasteiger partial charge in [-0.1, -0.05) is 11.2 Å². The average molecular weight is 302 g/mol. The summed E-state index contributed by atoms with van der Waals surface area (Å²) in [5.74, 6) is 0.606. The van der Waals surface area contributed by atoms with Crippen LogP contribution < -0.4 is 16.4 Å². The van der Waals surface area contributed by atoms with E-state index in [9.17, 15) is 9.59 Å². The summed E-state index contributed by atoms with van der Waals surface area (Å²) in [6.07, 6.45) is 0.878. The maximum Gasteiger partial charge on any atom is 0.316 e. The van der Waals surface area contributed by atoms with Gasteiger partial charge in [-0.15, -0.1) is 0 Å². The van der Waals surface area contributed by atoms with Gasteiger partial charge in [0.05, 0.1) is 5.69 Å². The molecule has 0 spiro atoms. The van der Waals surface area contributed by atoms with E-state index in [-0.39, 0.29) is 5.91 Å². The smallest absolute Gasteiger partial charge is 0.316 e. The molecule has 3 amide bonds. The third-order valence-corrected chi connectivity index (χ3v) is 3.20. The van der Waals surface area contributed by atoms with Gasteiger partial charge in [0.2, 0.25) is 5.91 Å². The molecule has 4 N–H and O–H groups in total. The zero-order valence-electron chi connectivity index (χ0n) is 12.5. The molecule has 116 valence electrons. The molecule has 0 fully saturated rings. The Hall–Kier alpha value is -2.83. The molecule has 2 aromatic rings. The third kappa shape index (κ3) is 4.08. The first kappa shape index (κ1) is 15.6. The Morgan fingerprint density at radius 2 is 1.91 bits per heavy atom. The second-order valence-corrected chi connectivity index (χ2v) is 4.92. The van der Waals surface area contributed by atoms with Gasteiger partial charge in [-0.3, -0.25) is 4.79 Å². The first-order valence-corrected chi connectivity index (χ1v) is 6.84. The molecule has 0 atom stereocenters. The number of nitrogens with one attached hydrogen (secondary N) is 2. The van der Waals surface area contributed by atoms with Crippen molar-refractivity contribution in [3.8, 4) is 0 Å². The number of nitrogens with zero attached hydrogens (tertiary/aromatic N) is 1. The quantitative estimate of drug-likeness (QED) is 0.787. The normalized spacial score (nSPS) is 10.3. The minimum atomic E-state index is -0.651. The van der Waals surface area contributed by atoms with Crippen LogP contribution in [-0.4, -0.2) is 17.1 Å². The molecular weight excluding hydrogens is 284 g/mol. The Morgan fingerprint density at radius 1 is 1.23 bits per heavy atom. The van der Waals surface area contributed by atoms with Crippen molar-refractivity contribution in [1.82, 2.24) is 5.16 Å². The van der Waals surface area contributed by atoms with Crippen molar-refractivity contribution in [2.24, 2.45) is 5.73 Å². The van der Waals surface area contributed by atoms with Crippen molar-refractivity contribution >= 4 is 23.3 Å². The standard InChI is InChI=1S/C15H18N4O3/c1-9-13(10(2)22-19-9)6-7-14(20)17-11-4-3-5-12(8-11)18-15(16)21/h3-5,8H,6-7H2,1-2H3,(H,17,20)(H3,16,18,21). The fourth-order valence-electron chi connectivity index (χ4n) is 2.14. The van der Waals surface area contributed by atoms with Crippen LogP contribution in [0.5, 0.6) is 0 Å². The van der Waals surface area contributed by atoms with E-state index >= 15 is 0 Å². The molecule has 1 aromatic heterocycles. The molecule has 0 aliphatic rings. The summed E-state index contributed by atoms with van der Waals surface area (Å²) in [5, 5.41) is 9.09. The topological polar surface area (TPSA) is 110 Å². The first-order chi connectivity index (χ1) is 10.5. The zero-order chi connectivity index (χ0) is 16.1. The molecule has 1 heterocycles. The second-order valence-electron chi connectivity index (χ2n) is 4.92. The minimum absolute atomic E-state index is 0.128. The van der Waals surface area contributed by atoms with Crippen molar-refractivity contribution in [2.75, 3.05) is 10.6 Å². The van der Waals surface area contributed by atoms with Crippen LogP contribution in [0, 0.1) is 13.8 Å². The van der Waals surface area contributed by atoms with E-state index < -0.39 is 6.03 Å². The number of hydrogen-bond acceptors (Lipinski definition) is 4. The van der Waals surface area contributed by atoms with Gasteiger partial charge in [0, 0.05) is 23.4 Å². The van der Waals surface area contributed by atoms with E-state index in [1.165, 1.54) is 0 Å². The zero-order valence-corrected chi connectivity index (χ0v) is 12.5. The van der Waals surface area contributed by atoms with Crippen LogP contribution in [0.1, 0.15) is 23.4 Å². The Balaban J connectivity index is 1.93. The van der Waals surface area contributed by atoms with Crippen molar-refractivity contribution in [2.45, 2.75) is 26.7 Å². The van der Waals surface area contributed by atoms with Gasteiger partial charge in [0.15, 0.2) is 0 Å². The first-order valence-electron chi connectivity index (χ1n) is 6.84. The predicted molar refractivity (Wildman–Crippen MR) is 82.6 cm³/mol. The summed E-state index contributed by atoms with van der Waals surface area (Å²) in [6, 6.07) is 6.12. The molecule has 0 saturated carbocycles. The maximum atomic E-state index is 12.0. The van der Waals surface area contributed by atoms with Crippen LogP contribution in [0.2, 0.25) is 0 Å². The largest absolute Gasteiger partial charge is 0.361 e. The monoisotopic (exact) mass is 302 g/mol. The lowest BCUT2D eigenvalue weighted by Gasteiger charge is -2.07. The average Bonchev–Trinajstić information content (AvgIpc) is 2.75. The number of urea groups is 1. The Bertz CT molecular complexity index is 674. The Morgan fingerprint density at radius 3 is 2.50 bits per heavy atom. The van der Waals surface area contributed by atoms with Crippen LogP contribution in [0.3, 0.4) is 0 Å². The summed E-state index contributed by atoms with van der Waals surface area (Å²) in [6.45, 7) is 3.68. The van der Waals surface area contributed by atoms with E-state index in [1.807, 2.05) is 13.8 Å². The summed E-state index contributed by atoms with van der Waals surface area (Å²) in [7, 11) is 0. The van der Waals surface area contributed by atoms with Gasteiger partial charge in [0.25, 0.3) is 0 Å². The van der Waals surface area contributed by atoms with E-state index in [0.29, 0.717) is 24.2 Å². The molecule has 0 saturated heterocycles. The van der Waals surface area contributed by atoms with Crippen molar-refractivity contribution < 1.29 is 14.1 Å². The maximum absolute atomic E-state index is 12.0. The number of rotatable bonds is 5. The SMILES string of the molecule is Cc1noc(C)c1CCC(=O)Nc1cccc(NC(N)=O)c1. The van der Waals surface area contributed by atoms with Crippen LogP contribution in [0.15, 0.2) is 28.8 Å². The number of carbonyl (C=O) groups excluding carboxylic acids is 2. The van der Waals surface area contributed by atoms with Gasteiger partial charge in [-0.2, -0.15) is 0 Å². The number of carbonyl (C=O) groups is 2. The van der Waals surface area contributed by atoms with Crippen molar-refractivity contribution in [1.29, 1.82) is 0 Å². The predicted octanol–water partition coefficient (Wildman–Crippen LogP) is 2.35. The lowest BCUT2D eigenvalue weighted by molar-refractivity contribution is -0.116. The molecule has 7 heteroatoms. The lowest BCUT2D eigenvalue weighted by atomic mass is 10.1. The highest BCUT2D eigenvalue weighted by Crippen LogP contribution is 2.17. The van der Waals surface area contributed by atoms with E-state index in [4.69, 9.17) is 10.3 Å². The van der Waals surface area contributed by atoms with Crippen LogP contribution in [0.25, 0.3) is 0 Å². The molecule has 0 bridgehead atoms. The lowest BCUT2D eigenvalue weighted by Crippen LogP contribution is -2.19. The van der Waals surface area contributed by atoms with Crippen molar-refractivity contribution in [3.05, 3.63) is 41.3 Å². The van der Waals surface area contributed by atoms with Crippen molar-refractivity contribution in [3.63, 3.8) is 0 Å². The summed E-state index contributed by atoms with van der Waals surface area (Å²) in [5.41, 5.74) is 7.93. The summed E-state index contributed by atoms with van der Waals surface area (Å²) >= 11 is 0. The molecule has 1 aromatic carbocycles. The highest BCUT2D eigenvalue weighted by atomic mass is 16.5. The number of benzene rings is 1. The van der Waals surface area contributed by atoms with Gasteiger partial charge in [0.1, 0.15) is 5.76 Å². The molecule has 2 rings (SSSR count). The van der Waals surface area contributed by atoms with Crippen LogP contribution in [-0.2, 0) is 11.2 Å². The molecule has 7 nitrogen and oxygen atoms in total. The molecule has 0 aliphatic heterocycles. The summed E-state index contributed by atoms with van der Waals surface area (Å²) in [4.78, 5) is 22.8. The molecule has 0 unspecified atom stereocenters. The Labute approximate surface area is 127 Å². The van der Waals surface area contributed by atoms with Gasteiger partial charge in [-0.05, 0) is 38.5 Å². The Kier molecular flexibility index (Phi) is 4.77. The highest BCUT2D eigenvalue weighted by Gasteiger charge is 2.11. The fourth-order valence-corrected chi connectivity index (χ4v) is 2.14. The summed E-state index contributed by atoms with van der Waals surface area (Å²) < 4.78 is 5.06. The number of primary amides is 1. The number of amides is 3. The van der Waals surface area contributed by atoms with Gasteiger partial charge in [-0.25, -0.2) is 4.79 Å². The van der Waals surface area contributed by atoms with E-state index in [0.717, 1.165) is 17.0 Å². The third-order valence-electron chi connectivity index (χ3n) is 3.20. The molecule has 0 aliphatic carbocycles. The minimum Gasteiger partial charge on any atom is -0.361 e. The number of anilines is 2.